The minimum absolute atomic E-state index is 0.00760. The lowest BCUT2D eigenvalue weighted by molar-refractivity contribution is 0.0868. The molecule has 0 bridgehead atoms. The second kappa shape index (κ2) is 7.30. The molecule has 0 N–H and O–H groups in total. The fraction of sp³-hybridized carbons (Fsp3) is 0.0952. The van der Waals surface area contributed by atoms with Gasteiger partial charge in [-0.2, -0.15) is 0 Å². The maximum Gasteiger partial charge on any atom is 0.271 e. The van der Waals surface area contributed by atoms with E-state index in [9.17, 15) is 18.0 Å². The molecular weight excluding hydrogens is 458 g/mol. The minimum Gasteiger partial charge on any atom is -0.296 e. The van der Waals surface area contributed by atoms with E-state index in [2.05, 4.69) is 4.98 Å². The van der Waals surface area contributed by atoms with Crippen molar-refractivity contribution >= 4 is 49.1 Å². The molecule has 0 spiro atoms. The summed E-state index contributed by atoms with van der Waals surface area (Å²) in [6, 6.07) is 15.2. The normalized spacial score (nSPS) is 14.9. The van der Waals surface area contributed by atoms with Gasteiger partial charge in [0.2, 0.25) is 0 Å². The third kappa shape index (κ3) is 3.25. The summed E-state index contributed by atoms with van der Waals surface area (Å²) in [5.74, 6) is -0.584. The highest BCUT2D eigenvalue weighted by Crippen LogP contribution is 2.32. The van der Waals surface area contributed by atoms with Gasteiger partial charge in [0.05, 0.1) is 24.0 Å². The van der Waals surface area contributed by atoms with Gasteiger partial charge in [-0.15, -0.1) is 11.3 Å². The van der Waals surface area contributed by atoms with Crippen LogP contribution in [0, 0.1) is 0 Å². The Balaban J connectivity index is 1.44. The molecule has 0 radical (unpaired) electrons. The predicted octanol–water partition coefficient (Wildman–Crippen LogP) is 3.62. The molecule has 0 saturated heterocycles. The molecule has 1 aliphatic rings. The molecule has 2 aromatic heterocycles. The fourth-order valence-electron chi connectivity index (χ4n) is 3.51. The van der Waals surface area contributed by atoms with E-state index in [4.69, 9.17) is 11.6 Å². The molecule has 3 heterocycles. The molecule has 4 aromatic rings. The standard InChI is InChI=1S/C21H14ClN3O4S2/c22-14-7-5-13(6-8-14)17-11-16-19(30-17)21(27)24(12-23-16)9-10-25-20(26)15-3-1-2-4-18(15)31(25,28)29/h1-8,11-12H,9-10H2. The molecule has 5 rings (SSSR count). The first kappa shape index (κ1) is 19.9. The van der Waals surface area contributed by atoms with Crippen LogP contribution in [0.4, 0.5) is 0 Å². The first-order chi connectivity index (χ1) is 14.9. The van der Waals surface area contributed by atoms with Crippen LogP contribution in [0.3, 0.4) is 0 Å². The molecule has 0 aliphatic carbocycles. The smallest absolute Gasteiger partial charge is 0.271 e. The first-order valence-corrected chi connectivity index (χ1v) is 11.9. The van der Waals surface area contributed by atoms with Crippen LogP contribution in [-0.2, 0) is 16.6 Å². The largest absolute Gasteiger partial charge is 0.296 e. The number of carbonyl (C=O) groups is 1. The Bertz CT molecular complexity index is 1510. The number of fused-ring (bicyclic) bond motifs is 2. The van der Waals surface area contributed by atoms with Crippen LogP contribution in [0.1, 0.15) is 10.4 Å². The van der Waals surface area contributed by atoms with Gasteiger partial charge in [-0.3, -0.25) is 14.2 Å². The van der Waals surface area contributed by atoms with Crippen molar-refractivity contribution in [2.24, 2.45) is 0 Å². The predicted molar refractivity (Wildman–Crippen MR) is 119 cm³/mol. The summed E-state index contributed by atoms with van der Waals surface area (Å²) in [6.45, 7) is -0.146. The number of halogens is 1. The SMILES string of the molecule is O=C1c2ccccc2S(=O)(=O)N1CCn1cnc2cc(-c3ccc(Cl)cc3)sc2c1=O. The number of carbonyl (C=O) groups excluding carboxylic acids is 1. The lowest BCUT2D eigenvalue weighted by Gasteiger charge is -2.15. The first-order valence-electron chi connectivity index (χ1n) is 9.27. The van der Waals surface area contributed by atoms with E-state index in [1.54, 1.807) is 24.3 Å². The van der Waals surface area contributed by atoms with Gasteiger partial charge in [0.1, 0.15) is 9.60 Å². The van der Waals surface area contributed by atoms with Gasteiger partial charge in [-0.05, 0) is 35.9 Å². The molecule has 0 unspecified atom stereocenters. The topological polar surface area (TPSA) is 89.3 Å². The van der Waals surface area contributed by atoms with Gasteiger partial charge in [0.15, 0.2) is 0 Å². The number of nitrogens with zero attached hydrogens (tertiary/aromatic N) is 3. The third-order valence-corrected chi connectivity index (χ3v) is 8.34. The Morgan fingerprint density at radius 3 is 2.48 bits per heavy atom. The number of hydrogen-bond acceptors (Lipinski definition) is 6. The lowest BCUT2D eigenvalue weighted by atomic mass is 10.2. The summed E-state index contributed by atoms with van der Waals surface area (Å²) in [5.41, 5.74) is 1.35. The van der Waals surface area contributed by atoms with E-state index >= 15 is 0 Å². The Hall–Kier alpha value is -3.01. The molecular formula is C21H14ClN3O4S2. The highest BCUT2D eigenvalue weighted by atomic mass is 35.5. The van der Waals surface area contributed by atoms with Crippen molar-refractivity contribution in [3.8, 4) is 10.4 Å². The van der Waals surface area contributed by atoms with E-state index in [0.717, 1.165) is 14.7 Å². The van der Waals surface area contributed by atoms with Gasteiger partial charge < -0.3 is 0 Å². The summed E-state index contributed by atoms with van der Waals surface area (Å²) >= 11 is 7.25. The van der Waals surface area contributed by atoms with Crippen LogP contribution >= 0.6 is 22.9 Å². The zero-order valence-electron chi connectivity index (χ0n) is 15.9. The van der Waals surface area contributed by atoms with Gasteiger partial charge in [0.25, 0.3) is 21.5 Å². The molecule has 156 valence electrons. The van der Waals surface area contributed by atoms with Crippen molar-refractivity contribution < 1.29 is 13.2 Å². The molecule has 10 heteroatoms. The minimum atomic E-state index is -3.92. The van der Waals surface area contributed by atoms with Crippen LogP contribution in [0.2, 0.25) is 5.02 Å². The molecule has 2 aromatic carbocycles. The number of aromatic nitrogens is 2. The molecule has 1 amide bonds. The van der Waals surface area contributed by atoms with Crippen LogP contribution in [0.15, 0.2) is 70.6 Å². The fourth-order valence-corrected chi connectivity index (χ4v) is 6.26. The van der Waals surface area contributed by atoms with E-state index < -0.39 is 15.9 Å². The molecule has 0 saturated carbocycles. The maximum atomic E-state index is 13.0. The van der Waals surface area contributed by atoms with Crippen molar-refractivity contribution in [1.82, 2.24) is 13.9 Å². The van der Waals surface area contributed by atoms with E-state index in [1.807, 2.05) is 18.2 Å². The average Bonchev–Trinajstić information content (AvgIpc) is 3.27. The molecule has 0 atom stereocenters. The molecule has 7 nitrogen and oxygen atoms in total. The van der Waals surface area contributed by atoms with Crippen LogP contribution in [0.25, 0.3) is 20.7 Å². The quantitative estimate of drug-likeness (QED) is 0.453. The number of sulfonamides is 1. The van der Waals surface area contributed by atoms with Gasteiger partial charge >= 0.3 is 0 Å². The van der Waals surface area contributed by atoms with Crippen molar-refractivity contribution in [3.63, 3.8) is 0 Å². The summed E-state index contributed by atoms with van der Waals surface area (Å²) in [5, 5.41) is 0.624. The summed E-state index contributed by atoms with van der Waals surface area (Å²) in [6.07, 6.45) is 1.38. The zero-order chi connectivity index (χ0) is 21.8. The Labute approximate surface area is 186 Å². The average molecular weight is 472 g/mol. The van der Waals surface area contributed by atoms with Crippen LogP contribution < -0.4 is 5.56 Å². The van der Waals surface area contributed by atoms with Gasteiger partial charge in [-0.1, -0.05) is 35.9 Å². The van der Waals surface area contributed by atoms with Crippen LogP contribution in [0.5, 0.6) is 0 Å². The van der Waals surface area contributed by atoms with E-state index in [0.29, 0.717) is 15.2 Å². The summed E-state index contributed by atoms with van der Waals surface area (Å²) in [4.78, 5) is 30.7. The van der Waals surface area contributed by atoms with Gasteiger partial charge in [0, 0.05) is 16.4 Å². The van der Waals surface area contributed by atoms with Crippen molar-refractivity contribution in [3.05, 3.63) is 81.9 Å². The van der Waals surface area contributed by atoms with Crippen molar-refractivity contribution in [2.45, 2.75) is 11.4 Å². The Morgan fingerprint density at radius 2 is 1.74 bits per heavy atom. The second-order valence-corrected chi connectivity index (χ2v) is 10.3. The number of thiophene rings is 1. The number of hydrogen-bond donors (Lipinski definition) is 0. The number of benzene rings is 2. The maximum absolute atomic E-state index is 13.0. The number of amides is 1. The molecule has 1 aliphatic heterocycles. The third-order valence-electron chi connectivity index (χ3n) is 5.09. The highest BCUT2D eigenvalue weighted by molar-refractivity contribution is 7.90. The second-order valence-electron chi connectivity index (χ2n) is 6.95. The molecule has 0 fully saturated rings. The Morgan fingerprint density at radius 1 is 1.00 bits per heavy atom. The van der Waals surface area contributed by atoms with Crippen LogP contribution in [-0.4, -0.2) is 34.7 Å². The Kier molecular flexibility index (Phi) is 4.69. The van der Waals surface area contributed by atoms with Crippen molar-refractivity contribution in [2.75, 3.05) is 6.54 Å². The van der Waals surface area contributed by atoms with Crippen molar-refractivity contribution in [1.29, 1.82) is 0 Å². The van der Waals surface area contributed by atoms with Gasteiger partial charge in [-0.25, -0.2) is 17.7 Å². The zero-order valence-corrected chi connectivity index (χ0v) is 18.2. The summed E-state index contributed by atoms with van der Waals surface area (Å²) < 4.78 is 28.0. The number of rotatable bonds is 4. The van der Waals surface area contributed by atoms with E-state index in [-0.39, 0.29) is 29.1 Å². The molecule has 31 heavy (non-hydrogen) atoms. The van der Waals surface area contributed by atoms with E-state index in [1.165, 1.54) is 34.4 Å². The summed E-state index contributed by atoms with van der Waals surface area (Å²) in [7, 11) is -3.92. The monoisotopic (exact) mass is 471 g/mol. The highest BCUT2D eigenvalue weighted by Gasteiger charge is 2.40. The lowest BCUT2D eigenvalue weighted by Crippen LogP contribution is -2.35.